The van der Waals surface area contributed by atoms with Crippen molar-refractivity contribution >= 4 is 18.9 Å². The first-order chi connectivity index (χ1) is 12.3. The molecular weight excluding hydrogens is 309 g/mol. The van der Waals surface area contributed by atoms with E-state index in [-0.39, 0.29) is 18.9 Å². The molecule has 0 heterocycles. The van der Waals surface area contributed by atoms with E-state index in [9.17, 15) is 0 Å². The second-order valence-corrected chi connectivity index (χ2v) is 7.72. The van der Waals surface area contributed by atoms with Gasteiger partial charge in [0.1, 0.15) is 0 Å². The van der Waals surface area contributed by atoms with Crippen LogP contribution in [-0.2, 0) is 0 Å². The zero-order valence-electron chi connectivity index (χ0n) is 17.7. The zero-order chi connectivity index (χ0) is 18.4. The topological polar surface area (TPSA) is 3.24 Å². The number of rotatable bonds is 20. The molecule has 1 nitrogen and oxygen atoms in total. The van der Waals surface area contributed by atoms with E-state index < -0.39 is 0 Å². The Morgan fingerprint density at radius 1 is 0.577 bits per heavy atom. The van der Waals surface area contributed by atoms with E-state index in [0.29, 0.717) is 0 Å². The number of allylic oxidation sites excluding steroid dienone is 1. The van der Waals surface area contributed by atoms with Gasteiger partial charge in [0.2, 0.25) is 0 Å². The van der Waals surface area contributed by atoms with Crippen molar-refractivity contribution < 1.29 is 0 Å². The second kappa shape index (κ2) is 25.3. The quantitative estimate of drug-likeness (QED) is 0.163. The fraction of sp³-hybridized carbons (Fsp3) is 0.875. The summed E-state index contributed by atoms with van der Waals surface area (Å²) in [6.45, 7) is 12.1. The third kappa shape index (κ3) is 22.3. The molecule has 0 fully saturated rings. The third-order valence-electron chi connectivity index (χ3n) is 5.19. The first kappa shape index (κ1) is 28.5. The van der Waals surface area contributed by atoms with Crippen molar-refractivity contribution in [1.29, 1.82) is 0 Å². The summed E-state index contributed by atoms with van der Waals surface area (Å²) >= 11 is 0. The molecule has 0 saturated carbocycles. The van der Waals surface area contributed by atoms with Crippen LogP contribution < -0.4 is 0 Å². The molecule has 0 saturated heterocycles. The Labute approximate surface area is 179 Å². The molecule has 0 aliphatic carbocycles. The van der Waals surface area contributed by atoms with E-state index in [2.05, 4.69) is 31.7 Å². The molecule has 0 N–H and O–H groups in total. The van der Waals surface area contributed by atoms with Crippen LogP contribution >= 0.6 is 0 Å². The fourth-order valence-corrected chi connectivity index (χ4v) is 3.46. The summed E-state index contributed by atoms with van der Waals surface area (Å²) < 4.78 is 0. The maximum atomic E-state index is 3.84. The Kier molecular flexibility index (Phi) is 27.7. The van der Waals surface area contributed by atoms with Crippen LogP contribution in [0.1, 0.15) is 117 Å². The van der Waals surface area contributed by atoms with Crippen molar-refractivity contribution in [3.63, 3.8) is 0 Å². The first-order valence-electron chi connectivity index (χ1n) is 11.5. The third-order valence-corrected chi connectivity index (χ3v) is 5.19. The van der Waals surface area contributed by atoms with E-state index in [0.717, 1.165) is 6.54 Å². The molecule has 26 heavy (non-hydrogen) atoms. The summed E-state index contributed by atoms with van der Waals surface area (Å²) in [4.78, 5) is 2.63. The molecule has 0 aliphatic rings. The number of hydrogen-bond donors (Lipinski definition) is 0. The van der Waals surface area contributed by atoms with E-state index in [1.165, 1.54) is 116 Å². The van der Waals surface area contributed by atoms with Gasteiger partial charge in [0.15, 0.2) is 0 Å². The fourth-order valence-electron chi connectivity index (χ4n) is 3.46. The van der Waals surface area contributed by atoms with Gasteiger partial charge in [-0.25, -0.2) is 0 Å². The average Bonchev–Trinajstić information content (AvgIpc) is 2.63. The summed E-state index contributed by atoms with van der Waals surface area (Å²) in [5.74, 6) is 0. The van der Waals surface area contributed by atoms with E-state index >= 15 is 0 Å². The van der Waals surface area contributed by atoms with Crippen molar-refractivity contribution in [1.82, 2.24) is 4.90 Å². The Morgan fingerprint density at radius 3 is 1.27 bits per heavy atom. The number of unbranched alkanes of at least 4 members (excludes halogenated alkanes) is 14. The van der Waals surface area contributed by atoms with Crippen molar-refractivity contribution in [3.05, 3.63) is 19.1 Å². The van der Waals surface area contributed by atoms with Crippen LogP contribution in [0.25, 0.3) is 0 Å². The van der Waals surface area contributed by atoms with Gasteiger partial charge in [-0.1, -0.05) is 116 Å². The average molecular weight is 359 g/mol. The maximum absolute atomic E-state index is 3.84. The molecule has 0 rings (SSSR count). The van der Waals surface area contributed by atoms with Gasteiger partial charge in [0.25, 0.3) is 0 Å². The molecule has 151 valence electrons. The normalized spacial score (nSPS) is 11.4. The van der Waals surface area contributed by atoms with E-state index in [4.69, 9.17) is 0 Å². The van der Waals surface area contributed by atoms with Gasteiger partial charge in [-0.3, -0.25) is 4.90 Å². The molecule has 0 aromatic heterocycles. The summed E-state index contributed by atoms with van der Waals surface area (Å²) in [7, 11) is 0. The monoisotopic (exact) mass is 358 g/mol. The predicted molar refractivity (Wildman–Crippen MR) is 123 cm³/mol. The molecule has 0 aromatic carbocycles. The van der Waals surface area contributed by atoms with E-state index in [1.807, 2.05) is 6.08 Å². The summed E-state index contributed by atoms with van der Waals surface area (Å²) in [5, 5.41) is 0. The minimum absolute atomic E-state index is 0. The van der Waals surface area contributed by atoms with Crippen molar-refractivity contribution in [2.45, 2.75) is 117 Å². The van der Waals surface area contributed by atoms with Gasteiger partial charge >= 0.3 is 18.9 Å². The van der Waals surface area contributed by atoms with Gasteiger partial charge in [-0.2, -0.15) is 0 Å². The van der Waals surface area contributed by atoms with Crippen LogP contribution in [-0.4, -0.2) is 43.4 Å². The van der Waals surface area contributed by atoms with Crippen LogP contribution in [0.15, 0.2) is 12.2 Å². The second-order valence-electron chi connectivity index (χ2n) is 7.72. The molecule has 0 amide bonds. The van der Waals surface area contributed by atoms with Gasteiger partial charge in [-0.05, 0) is 32.9 Å². The van der Waals surface area contributed by atoms with Crippen molar-refractivity contribution in [2.75, 3.05) is 19.6 Å². The minimum atomic E-state index is 0. The molecule has 2 heteroatoms. The summed E-state index contributed by atoms with van der Waals surface area (Å²) in [5.41, 5.74) is 0. The first-order valence-corrected chi connectivity index (χ1v) is 11.5. The molecular formula is C24H49LiN. The zero-order valence-corrected chi connectivity index (χ0v) is 17.7. The van der Waals surface area contributed by atoms with Crippen molar-refractivity contribution in [2.24, 2.45) is 0 Å². The molecule has 0 bridgehead atoms. The number of nitrogens with zero attached hydrogens (tertiary/aromatic N) is 1. The molecule has 0 aliphatic heterocycles. The Morgan fingerprint density at radius 2 is 0.923 bits per heavy atom. The molecule has 0 unspecified atom stereocenters. The standard InChI is InChI=1S/C24H48N.Li.H/c1-4-7-10-12-14-16-18-20-23-25(22-9-6-3)24-21-19-17-15-13-11-8-5-2;;/h6,9H,3-5,7-8,10-24H2,1-2H3;;. The van der Waals surface area contributed by atoms with Crippen LogP contribution in [0.5, 0.6) is 0 Å². The summed E-state index contributed by atoms with van der Waals surface area (Å²) in [6.07, 6.45) is 26.8. The van der Waals surface area contributed by atoms with Gasteiger partial charge in [-0.15, -0.1) is 0 Å². The molecule has 0 atom stereocenters. The SMILES string of the molecule is [CH2]C=CCN(CCCCCCCCCC)CCCCCCCCCC.[LiH]. The van der Waals surface area contributed by atoms with Gasteiger partial charge in [0, 0.05) is 6.54 Å². The Hall–Kier alpha value is 0.297. The van der Waals surface area contributed by atoms with Gasteiger partial charge in [0.05, 0.1) is 0 Å². The van der Waals surface area contributed by atoms with Crippen LogP contribution in [0, 0.1) is 6.92 Å². The molecule has 1 radical (unpaired) electrons. The Balaban J connectivity index is 0. The van der Waals surface area contributed by atoms with Crippen LogP contribution in [0.3, 0.4) is 0 Å². The molecule has 0 aromatic rings. The van der Waals surface area contributed by atoms with Crippen molar-refractivity contribution in [3.8, 4) is 0 Å². The van der Waals surface area contributed by atoms with Gasteiger partial charge < -0.3 is 0 Å². The van der Waals surface area contributed by atoms with Crippen LogP contribution in [0.4, 0.5) is 0 Å². The number of hydrogen-bond acceptors (Lipinski definition) is 1. The van der Waals surface area contributed by atoms with E-state index in [1.54, 1.807) is 0 Å². The molecule has 0 spiro atoms. The Bertz CT molecular complexity index is 245. The van der Waals surface area contributed by atoms with Crippen LogP contribution in [0.2, 0.25) is 0 Å². The summed E-state index contributed by atoms with van der Waals surface area (Å²) in [6, 6.07) is 0. The predicted octanol–water partition coefficient (Wildman–Crippen LogP) is 7.31.